The first kappa shape index (κ1) is 21.2. The van der Waals surface area contributed by atoms with E-state index in [1.807, 2.05) is 19.1 Å². The summed E-state index contributed by atoms with van der Waals surface area (Å²) >= 11 is 1.03. The summed E-state index contributed by atoms with van der Waals surface area (Å²) in [5, 5.41) is 2.46. The van der Waals surface area contributed by atoms with Gasteiger partial charge in [-0.3, -0.25) is 9.59 Å². The summed E-state index contributed by atoms with van der Waals surface area (Å²) in [6.07, 6.45) is 1.01. The second-order valence-corrected chi connectivity index (χ2v) is 7.49. The Morgan fingerprint density at radius 1 is 1.12 bits per heavy atom. The molecule has 0 saturated heterocycles. The third-order valence-corrected chi connectivity index (χ3v) is 4.87. The normalized spacial score (nSPS) is 13.2. The largest absolute Gasteiger partial charge is 0.467 e. The lowest BCUT2D eigenvalue weighted by molar-refractivity contribution is -0.144. The number of rotatable bonds is 8. The SMILES string of the molecule is COC(=O)[C@@H](CSC(=O)[C@H](C)c1ccc(CC(C)C)cc1)NC(C)=O. The van der Waals surface area contributed by atoms with Crippen LogP contribution in [0.1, 0.15) is 44.7 Å². The van der Waals surface area contributed by atoms with E-state index in [4.69, 9.17) is 0 Å². The van der Waals surface area contributed by atoms with Gasteiger partial charge < -0.3 is 10.1 Å². The number of carbonyl (C=O) groups excluding carboxylic acids is 3. The van der Waals surface area contributed by atoms with Gasteiger partial charge in [0.05, 0.1) is 13.0 Å². The molecular formula is C19H27NO4S. The monoisotopic (exact) mass is 365 g/mol. The van der Waals surface area contributed by atoms with Crippen LogP contribution in [-0.2, 0) is 25.5 Å². The van der Waals surface area contributed by atoms with Crippen LogP contribution >= 0.6 is 11.8 Å². The molecule has 0 fully saturated rings. The molecule has 0 aromatic heterocycles. The summed E-state index contributed by atoms with van der Waals surface area (Å²) in [6.45, 7) is 7.51. The summed E-state index contributed by atoms with van der Waals surface area (Å²) in [7, 11) is 1.25. The van der Waals surface area contributed by atoms with Crippen LogP contribution in [0.15, 0.2) is 24.3 Å². The van der Waals surface area contributed by atoms with Crippen molar-refractivity contribution < 1.29 is 19.1 Å². The van der Waals surface area contributed by atoms with Crippen molar-refractivity contribution in [2.75, 3.05) is 12.9 Å². The van der Waals surface area contributed by atoms with E-state index in [-0.39, 0.29) is 22.7 Å². The zero-order valence-corrected chi connectivity index (χ0v) is 16.3. The number of amides is 1. The van der Waals surface area contributed by atoms with Gasteiger partial charge in [0.2, 0.25) is 5.91 Å². The van der Waals surface area contributed by atoms with Crippen LogP contribution in [0, 0.1) is 5.92 Å². The van der Waals surface area contributed by atoms with E-state index >= 15 is 0 Å². The topological polar surface area (TPSA) is 72.5 Å². The molecule has 0 spiro atoms. The molecule has 1 aromatic rings. The number of methoxy groups -OCH3 is 1. The molecule has 0 aliphatic heterocycles. The number of ether oxygens (including phenoxy) is 1. The summed E-state index contributed by atoms with van der Waals surface area (Å²) < 4.78 is 4.66. The van der Waals surface area contributed by atoms with Gasteiger partial charge in [-0.1, -0.05) is 56.8 Å². The van der Waals surface area contributed by atoms with Crippen LogP contribution in [0.25, 0.3) is 0 Å². The minimum atomic E-state index is -0.822. The Hall–Kier alpha value is -1.82. The highest BCUT2D eigenvalue weighted by Gasteiger charge is 2.24. The molecule has 0 aliphatic carbocycles. The van der Waals surface area contributed by atoms with Crippen LogP contribution in [0.2, 0.25) is 0 Å². The van der Waals surface area contributed by atoms with Crippen molar-refractivity contribution in [1.82, 2.24) is 5.32 Å². The van der Waals surface area contributed by atoms with Crippen LogP contribution in [0.3, 0.4) is 0 Å². The van der Waals surface area contributed by atoms with Gasteiger partial charge in [0.1, 0.15) is 6.04 Å². The second kappa shape index (κ2) is 10.2. The molecule has 0 saturated carbocycles. The molecule has 6 heteroatoms. The molecule has 2 atom stereocenters. The number of carbonyl (C=O) groups is 3. The maximum Gasteiger partial charge on any atom is 0.329 e. The average Bonchev–Trinajstić information content (AvgIpc) is 2.56. The van der Waals surface area contributed by atoms with E-state index in [1.54, 1.807) is 0 Å². The number of benzene rings is 1. The van der Waals surface area contributed by atoms with Gasteiger partial charge >= 0.3 is 5.97 Å². The van der Waals surface area contributed by atoms with Crippen molar-refractivity contribution in [1.29, 1.82) is 0 Å². The van der Waals surface area contributed by atoms with Crippen LogP contribution in [-0.4, -0.2) is 35.9 Å². The van der Waals surface area contributed by atoms with Gasteiger partial charge in [-0.15, -0.1) is 0 Å². The van der Waals surface area contributed by atoms with E-state index < -0.39 is 12.0 Å². The lowest BCUT2D eigenvalue weighted by Gasteiger charge is -2.16. The number of hydrogen-bond donors (Lipinski definition) is 1. The van der Waals surface area contributed by atoms with Crippen LogP contribution in [0.4, 0.5) is 0 Å². The predicted octanol–water partition coefficient (Wildman–Crippen LogP) is 2.93. The predicted molar refractivity (Wildman–Crippen MR) is 100 cm³/mol. The maximum absolute atomic E-state index is 12.4. The first-order valence-corrected chi connectivity index (χ1v) is 9.33. The average molecular weight is 365 g/mol. The van der Waals surface area contributed by atoms with E-state index in [2.05, 4.69) is 36.0 Å². The van der Waals surface area contributed by atoms with Crippen molar-refractivity contribution in [3.8, 4) is 0 Å². The highest BCUT2D eigenvalue weighted by molar-refractivity contribution is 8.13. The van der Waals surface area contributed by atoms with Crippen LogP contribution in [0.5, 0.6) is 0 Å². The Morgan fingerprint density at radius 2 is 1.72 bits per heavy atom. The molecule has 0 heterocycles. The van der Waals surface area contributed by atoms with E-state index in [9.17, 15) is 14.4 Å². The summed E-state index contributed by atoms with van der Waals surface area (Å²) in [5.74, 6) is -0.433. The van der Waals surface area contributed by atoms with Crippen LogP contribution < -0.4 is 5.32 Å². The molecular weight excluding hydrogens is 338 g/mol. The molecule has 1 N–H and O–H groups in total. The minimum Gasteiger partial charge on any atom is -0.467 e. The van der Waals surface area contributed by atoms with E-state index in [0.717, 1.165) is 23.7 Å². The van der Waals surface area contributed by atoms with Crippen molar-refractivity contribution in [2.24, 2.45) is 5.92 Å². The van der Waals surface area contributed by atoms with Gasteiger partial charge in [-0.2, -0.15) is 0 Å². The number of nitrogens with one attached hydrogen (secondary N) is 1. The molecule has 1 aromatic carbocycles. The number of esters is 1. The highest BCUT2D eigenvalue weighted by Crippen LogP contribution is 2.24. The lowest BCUT2D eigenvalue weighted by atomic mass is 9.97. The summed E-state index contributed by atoms with van der Waals surface area (Å²) in [4.78, 5) is 35.2. The quantitative estimate of drug-likeness (QED) is 0.717. The Labute approximate surface area is 153 Å². The molecule has 0 radical (unpaired) electrons. The Kier molecular flexibility index (Phi) is 8.69. The first-order chi connectivity index (χ1) is 11.7. The second-order valence-electron chi connectivity index (χ2n) is 6.47. The third kappa shape index (κ3) is 7.30. The zero-order chi connectivity index (χ0) is 19.0. The first-order valence-electron chi connectivity index (χ1n) is 8.35. The smallest absolute Gasteiger partial charge is 0.329 e. The molecule has 0 aliphatic rings. The Balaban J connectivity index is 2.65. The lowest BCUT2D eigenvalue weighted by Crippen LogP contribution is -2.42. The van der Waals surface area contributed by atoms with Gasteiger partial charge in [-0.05, 0) is 23.5 Å². The van der Waals surface area contributed by atoms with E-state index in [0.29, 0.717) is 5.92 Å². The molecule has 1 rings (SSSR count). The molecule has 1 amide bonds. The number of hydrogen-bond acceptors (Lipinski definition) is 5. The Bertz CT molecular complexity index is 598. The van der Waals surface area contributed by atoms with E-state index in [1.165, 1.54) is 19.6 Å². The summed E-state index contributed by atoms with van der Waals surface area (Å²) in [6, 6.07) is 7.24. The van der Waals surface area contributed by atoms with Crippen molar-refractivity contribution in [3.05, 3.63) is 35.4 Å². The highest BCUT2D eigenvalue weighted by atomic mass is 32.2. The van der Waals surface area contributed by atoms with Gasteiger partial charge in [-0.25, -0.2) is 4.79 Å². The van der Waals surface area contributed by atoms with Gasteiger partial charge in [0, 0.05) is 12.7 Å². The number of thioether (sulfide) groups is 1. The zero-order valence-electron chi connectivity index (χ0n) is 15.5. The fourth-order valence-electron chi connectivity index (χ4n) is 2.40. The fourth-order valence-corrected chi connectivity index (χ4v) is 3.33. The van der Waals surface area contributed by atoms with Crippen molar-refractivity contribution in [3.63, 3.8) is 0 Å². The van der Waals surface area contributed by atoms with Gasteiger partial charge in [0.15, 0.2) is 5.12 Å². The molecule has 0 bridgehead atoms. The molecule has 5 nitrogen and oxygen atoms in total. The Morgan fingerprint density at radius 3 is 2.20 bits per heavy atom. The summed E-state index contributed by atoms with van der Waals surface area (Å²) in [5.41, 5.74) is 2.20. The third-order valence-electron chi connectivity index (χ3n) is 3.73. The minimum absolute atomic E-state index is 0.0455. The van der Waals surface area contributed by atoms with Crippen molar-refractivity contribution in [2.45, 2.75) is 46.1 Å². The maximum atomic E-state index is 12.4. The fraction of sp³-hybridized carbons (Fsp3) is 0.526. The molecule has 0 unspecified atom stereocenters. The molecule has 25 heavy (non-hydrogen) atoms. The standard InChI is InChI=1S/C19H27NO4S/c1-12(2)10-15-6-8-16(9-7-15)13(3)19(23)25-11-17(18(22)24-5)20-14(4)21/h6-9,12-13,17H,10-11H2,1-5H3,(H,20,21)/t13-,17-/m1/s1. The molecule has 138 valence electrons. The van der Waals surface area contributed by atoms with Crippen molar-refractivity contribution >= 4 is 28.8 Å². The van der Waals surface area contributed by atoms with Gasteiger partial charge in [0.25, 0.3) is 0 Å².